The fraction of sp³-hybridized carbons (Fsp3) is 0.702. The number of methoxy groups -OCH3 is 2. The van der Waals surface area contributed by atoms with Crippen molar-refractivity contribution in [3.8, 4) is 5.69 Å². The minimum absolute atomic E-state index is 0.0391. The second-order valence-electron chi connectivity index (χ2n) is 23.0. The van der Waals surface area contributed by atoms with Crippen LogP contribution in [0.4, 0.5) is 0 Å². The first-order valence-corrected chi connectivity index (χ1v) is 27.6. The predicted octanol–water partition coefficient (Wildman–Crippen LogP) is 4.87. The summed E-state index contributed by atoms with van der Waals surface area (Å²) in [5.74, 6) is -8.69. The van der Waals surface area contributed by atoms with Gasteiger partial charge in [-0.15, -0.1) is 0 Å². The Hall–Kier alpha value is -4.89. The number of fused-ring (bicyclic) bond motifs is 13. The van der Waals surface area contributed by atoms with E-state index in [1.807, 2.05) is 26.8 Å². The molecule has 76 heavy (non-hydrogen) atoms. The zero-order valence-electron chi connectivity index (χ0n) is 45.4. The molecular weight excluding hydrogens is 981 g/mol. The van der Waals surface area contributed by atoms with Gasteiger partial charge in [-0.1, -0.05) is 52.0 Å². The number of amides is 1. The Kier molecular flexibility index (Phi) is 18.1. The Balaban J connectivity index is 1.19. The Morgan fingerprint density at radius 2 is 1.45 bits per heavy atom. The predicted molar refractivity (Wildman–Crippen MR) is 277 cm³/mol. The van der Waals surface area contributed by atoms with Gasteiger partial charge in [-0.2, -0.15) is 0 Å². The maximum atomic E-state index is 14.6. The van der Waals surface area contributed by atoms with Crippen molar-refractivity contribution in [2.24, 2.45) is 29.6 Å². The van der Waals surface area contributed by atoms with Gasteiger partial charge in [0.25, 0.3) is 11.7 Å². The molecule has 1 aliphatic carbocycles. The normalized spacial score (nSPS) is 38.6. The van der Waals surface area contributed by atoms with Crippen molar-refractivity contribution >= 4 is 29.2 Å². The van der Waals surface area contributed by atoms with E-state index in [0.29, 0.717) is 75.5 Å². The van der Waals surface area contributed by atoms with Gasteiger partial charge >= 0.3 is 17.3 Å². The van der Waals surface area contributed by atoms with E-state index in [0.717, 1.165) is 9.47 Å². The quantitative estimate of drug-likeness (QED) is 0.211. The maximum absolute atomic E-state index is 14.6. The van der Waals surface area contributed by atoms with Crippen molar-refractivity contribution in [1.82, 2.24) is 18.8 Å². The number of aliphatic hydroxyl groups is 3. The highest BCUT2D eigenvalue weighted by molar-refractivity contribution is 6.39. The minimum Gasteiger partial charge on any atom is -0.460 e. The SMILES string of the molecule is COC1CC2CC[C@@H](C)[C@@](O)(O2)C(=O)C(=O)N2CCCC[C@H]2C(=O)OC2CC(=O)C(C=C(C)[C@@H](O)C(OC)C(=O)[C@H](C)CC(C)C3CCC(/C=C\1C)n1c(=O)n(-c4ccccc4)c(=O)n13)OC1CC(CCC1O)CC2C. The number of nitrogens with zero attached hydrogens (tertiary/aromatic N) is 4. The maximum Gasteiger partial charge on any atom is 0.352 e. The van der Waals surface area contributed by atoms with Crippen LogP contribution in [0.15, 0.2) is 63.2 Å². The second kappa shape index (κ2) is 24.0. The molecule has 4 fully saturated rings. The fourth-order valence-corrected chi connectivity index (χ4v) is 13.1. The standard InChI is InChI=1S/C57H80N4O15/c1-31-24-34(4)49(64)51(73-8)50(65)35(5)27-47-44(63)30-46(32(2)25-37-18-22-43(62)48(28-37)74-47)75-54(68)42-16-12-13-23-58(42)53(67)52(66)57(71)36(6)17-20-40(76-57)29-45(72-7)33(3)26-39-19-21-41(31)61-56(70)59(55(69)60(39)61)38-14-10-9-11-15-38/h9-11,14-15,26-27,31-32,34,36-37,39-43,45-48,50-51,62,65,71H,12-13,16-25,28-30H2,1-8H3/b33-26-,35-27?/t31?,32?,34-,36-,37?,39?,40?,41?,42+,43?,45?,46?,47?,48?,50-,51?,57-/m1/s1. The van der Waals surface area contributed by atoms with Gasteiger partial charge in [0, 0.05) is 45.4 Å². The number of rotatable bonds is 3. The Labute approximate surface area is 444 Å². The molecule has 19 heteroatoms. The van der Waals surface area contributed by atoms with E-state index in [-0.39, 0.29) is 55.6 Å². The summed E-state index contributed by atoms with van der Waals surface area (Å²) in [6, 6.07) is 6.30. The zero-order valence-corrected chi connectivity index (χ0v) is 45.4. The van der Waals surface area contributed by atoms with Crippen LogP contribution in [0.2, 0.25) is 0 Å². The van der Waals surface area contributed by atoms with Gasteiger partial charge in [0.2, 0.25) is 5.79 Å². The van der Waals surface area contributed by atoms with Gasteiger partial charge < -0.3 is 43.9 Å². The third kappa shape index (κ3) is 11.6. The molecule has 7 aliphatic rings. The summed E-state index contributed by atoms with van der Waals surface area (Å²) in [6.45, 7) is 10.6. The monoisotopic (exact) mass is 1060 g/mol. The number of para-hydroxylation sites is 1. The molecule has 1 saturated carbocycles. The fourth-order valence-electron chi connectivity index (χ4n) is 13.1. The van der Waals surface area contributed by atoms with Crippen LogP contribution in [0.5, 0.6) is 0 Å². The third-order valence-corrected chi connectivity index (χ3v) is 17.7. The summed E-state index contributed by atoms with van der Waals surface area (Å²) < 4.78 is 34.8. The number of carbonyl (C=O) groups excluding carboxylic acids is 5. The lowest BCUT2D eigenvalue weighted by Gasteiger charge is -2.43. The largest absolute Gasteiger partial charge is 0.460 e. The van der Waals surface area contributed by atoms with E-state index in [1.54, 1.807) is 51.1 Å². The van der Waals surface area contributed by atoms with Crippen LogP contribution in [0, 0.1) is 29.6 Å². The van der Waals surface area contributed by atoms with E-state index < -0.39 is 125 Å². The van der Waals surface area contributed by atoms with Crippen molar-refractivity contribution in [3.05, 3.63) is 74.6 Å². The molecule has 3 N–H and O–H groups in total. The van der Waals surface area contributed by atoms with Crippen molar-refractivity contribution in [1.29, 1.82) is 0 Å². The van der Waals surface area contributed by atoms with Gasteiger partial charge in [0.05, 0.1) is 42.2 Å². The van der Waals surface area contributed by atoms with E-state index >= 15 is 0 Å². The molecule has 17 atom stereocenters. The van der Waals surface area contributed by atoms with Crippen LogP contribution in [0.1, 0.15) is 144 Å². The second-order valence-corrected chi connectivity index (χ2v) is 23.0. The highest BCUT2D eigenvalue weighted by atomic mass is 16.6. The van der Waals surface area contributed by atoms with Crippen molar-refractivity contribution < 1.29 is 63.0 Å². The number of allylic oxidation sites excluding steroid dienone is 1. The number of aromatic nitrogens is 3. The van der Waals surface area contributed by atoms with Gasteiger partial charge in [-0.25, -0.2) is 28.3 Å². The number of ether oxygens (including phenoxy) is 5. The van der Waals surface area contributed by atoms with Crippen LogP contribution in [-0.4, -0.2) is 145 Å². The number of piperidine rings is 1. The lowest BCUT2D eigenvalue weighted by Crippen LogP contribution is -2.61. The van der Waals surface area contributed by atoms with Crippen LogP contribution in [0.25, 0.3) is 5.69 Å². The van der Waals surface area contributed by atoms with E-state index in [1.165, 1.54) is 29.7 Å². The Morgan fingerprint density at radius 1 is 0.724 bits per heavy atom. The molecule has 3 saturated heterocycles. The molecule has 0 spiro atoms. The highest BCUT2D eigenvalue weighted by Crippen LogP contribution is 2.40. The first kappa shape index (κ1) is 57.3. The van der Waals surface area contributed by atoms with Crippen LogP contribution in [0.3, 0.4) is 0 Å². The molecular formula is C57H80N4O15. The number of aliphatic hydroxyl groups excluding tert-OH is 2. The zero-order chi connectivity index (χ0) is 54.9. The molecule has 0 radical (unpaired) electrons. The number of hydrogen-bond acceptors (Lipinski definition) is 15. The first-order valence-electron chi connectivity index (χ1n) is 27.6. The Bertz CT molecular complexity index is 2640. The van der Waals surface area contributed by atoms with Crippen molar-refractivity contribution in [2.45, 2.75) is 204 Å². The molecule has 7 heterocycles. The molecule has 1 aromatic heterocycles. The van der Waals surface area contributed by atoms with Crippen molar-refractivity contribution in [3.63, 3.8) is 0 Å². The first-order chi connectivity index (χ1) is 36.2. The highest BCUT2D eigenvalue weighted by Gasteiger charge is 2.53. The van der Waals surface area contributed by atoms with Crippen LogP contribution >= 0.6 is 0 Å². The summed E-state index contributed by atoms with van der Waals surface area (Å²) in [4.78, 5) is 103. The number of benzene rings is 1. The lowest BCUT2D eigenvalue weighted by molar-refractivity contribution is -0.265. The molecule has 9 rings (SSSR count). The van der Waals surface area contributed by atoms with E-state index in [2.05, 4.69) is 0 Å². The van der Waals surface area contributed by atoms with E-state index in [9.17, 15) is 48.9 Å². The number of Topliss-reactive ketones (excluding diaryl/α,β-unsaturated/α-hetero) is 3. The lowest BCUT2D eigenvalue weighted by atomic mass is 9.78. The van der Waals surface area contributed by atoms with Gasteiger partial charge in [0.15, 0.2) is 11.6 Å². The average Bonchev–Trinajstić information content (AvgIpc) is 3.70. The van der Waals surface area contributed by atoms with Crippen LogP contribution in [-0.2, 0) is 47.7 Å². The number of ketones is 3. The van der Waals surface area contributed by atoms with Gasteiger partial charge in [-0.05, 0) is 138 Å². The molecule has 1 aromatic carbocycles. The third-order valence-electron chi connectivity index (χ3n) is 17.7. The molecule has 2 aromatic rings. The summed E-state index contributed by atoms with van der Waals surface area (Å²) in [5.41, 5.74) is 0.190. The van der Waals surface area contributed by atoms with Crippen molar-refractivity contribution in [2.75, 3.05) is 20.8 Å². The van der Waals surface area contributed by atoms with Crippen LogP contribution < -0.4 is 11.4 Å². The summed E-state index contributed by atoms with van der Waals surface area (Å²) in [7, 11) is 2.84. The summed E-state index contributed by atoms with van der Waals surface area (Å²) in [5, 5.41) is 35.2. The molecule has 6 aliphatic heterocycles. The molecule has 418 valence electrons. The topological polar surface area (TPSA) is 244 Å². The average molecular weight is 1060 g/mol. The molecule has 8 bridgehead atoms. The summed E-state index contributed by atoms with van der Waals surface area (Å²) >= 11 is 0. The van der Waals surface area contributed by atoms with Gasteiger partial charge in [0.1, 0.15) is 30.5 Å². The number of carbonyl (C=O) groups is 5. The number of esters is 1. The summed E-state index contributed by atoms with van der Waals surface area (Å²) in [6.07, 6.45) is 0.121. The van der Waals surface area contributed by atoms with E-state index in [4.69, 9.17) is 23.7 Å². The minimum atomic E-state index is -2.54. The smallest absolute Gasteiger partial charge is 0.352 e. The molecule has 19 nitrogen and oxygen atoms in total. The molecule has 12 unspecified atom stereocenters. The number of hydrogen-bond donors (Lipinski definition) is 3. The Morgan fingerprint density at radius 3 is 2.16 bits per heavy atom. The van der Waals surface area contributed by atoms with Gasteiger partial charge in [-0.3, -0.25) is 19.2 Å². The molecule has 1 amide bonds.